The standard InChI is InChI=1S/C21H21BrN4O4/c1-19(2)20(9-28-10-20)21(11-29-18(23)26-21)14-5-12(3-4-16(14)30-19)6-15(27)17-24-7-13(22)8-25-17/h3-5,7-8H,6,9-11H2,1-2H3,(H2,23,26). The van der Waals surface area contributed by atoms with Crippen molar-refractivity contribution in [2.45, 2.75) is 31.4 Å². The number of benzene rings is 1. The highest BCUT2D eigenvalue weighted by Crippen LogP contribution is 2.62. The lowest BCUT2D eigenvalue weighted by Crippen LogP contribution is -2.71. The zero-order valence-electron chi connectivity index (χ0n) is 16.6. The van der Waals surface area contributed by atoms with Crippen LogP contribution >= 0.6 is 15.9 Å². The number of Topliss-reactive ketones (excluding diaryl/α,β-unsaturated/α-hetero) is 1. The largest absolute Gasteiger partial charge is 0.487 e. The first kappa shape index (κ1) is 19.4. The van der Waals surface area contributed by atoms with Gasteiger partial charge in [0.2, 0.25) is 5.78 Å². The third kappa shape index (κ3) is 2.61. The molecule has 1 fully saturated rings. The SMILES string of the molecule is CC1(C)Oc2ccc(CC(=O)c3ncc(Br)cn3)cc2C2(COC(N)=N2)C12COC2. The molecule has 3 aliphatic rings. The lowest BCUT2D eigenvalue weighted by molar-refractivity contribution is -0.247. The molecule has 156 valence electrons. The number of ether oxygens (including phenoxy) is 3. The molecule has 2 N–H and O–H groups in total. The predicted octanol–water partition coefficient (Wildman–Crippen LogP) is 2.39. The van der Waals surface area contributed by atoms with Crippen LogP contribution in [-0.4, -0.2) is 47.2 Å². The molecule has 0 saturated carbocycles. The second kappa shape index (κ2) is 6.49. The van der Waals surface area contributed by atoms with Gasteiger partial charge in [-0.3, -0.25) is 4.79 Å². The van der Waals surface area contributed by atoms with Crippen LogP contribution in [0.2, 0.25) is 0 Å². The Kier molecular flexibility index (Phi) is 4.20. The fourth-order valence-corrected chi connectivity index (χ4v) is 4.86. The van der Waals surface area contributed by atoms with Gasteiger partial charge in [0.05, 0.1) is 23.1 Å². The van der Waals surface area contributed by atoms with Crippen molar-refractivity contribution in [1.29, 1.82) is 0 Å². The van der Waals surface area contributed by atoms with Gasteiger partial charge in [0.25, 0.3) is 6.02 Å². The Morgan fingerprint density at radius 2 is 1.93 bits per heavy atom. The molecule has 30 heavy (non-hydrogen) atoms. The number of amidine groups is 1. The lowest BCUT2D eigenvalue weighted by atomic mass is 9.55. The summed E-state index contributed by atoms with van der Waals surface area (Å²) in [7, 11) is 0. The fourth-order valence-electron chi connectivity index (χ4n) is 4.66. The van der Waals surface area contributed by atoms with E-state index in [0.29, 0.717) is 19.8 Å². The molecule has 2 aromatic rings. The summed E-state index contributed by atoms with van der Waals surface area (Å²) < 4.78 is 18.4. The highest BCUT2D eigenvalue weighted by atomic mass is 79.9. The maximum Gasteiger partial charge on any atom is 0.283 e. The molecule has 5 rings (SSSR count). The summed E-state index contributed by atoms with van der Waals surface area (Å²) in [5.41, 5.74) is 5.99. The zero-order valence-corrected chi connectivity index (χ0v) is 18.2. The highest BCUT2D eigenvalue weighted by molar-refractivity contribution is 9.10. The van der Waals surface area contributed by atoms with Crippen molar-refractivity contribution >= 4 is 27.7 Å². The summed E-state index contributed by atoms with van der Waals surface area (Å²) in [4.78, 5) is 25.7. The van der Waals surface area contributed by atoms with E-state index in [9.17, 15) is 4.79 Å². The van der Waals surface area contributed by atoms with Crippen LogP contribution in [0.5, 0.6) is 5.75 Å². The van der Waals surface area contributed by atoms with Crippen molar-refractivity contribution in [3.63, 3.8) is 0 Å². The van der Waals surface area contributed by atoms with Gasteiger partial charge in [-0.2, -0.15) is 0 Å². The number of carbonyl (C=O) groups is 1. The Bertz CT molecular complexity index is 1070. The first-order valence-electron chi connectivity index (χ1n) is 9.65. The third-order valence-electron chi connectivity index (χ3n) is 6.46. The first-order chi connectivity index (χ1) is 14.3. The molecule has 0 radical (unpaired) electrons. The van der Waals surface area contributed by atoms with E-state index < -0.39 is 16.6 Å². The van der Waals surface area contributed by atoms with E-state index >= 15 is 0 Å². The molecule has 1 aromatic carbocycles. The van der Waals surface area contributed by atoms with Crippen LogP contribution < -0.4 is 10.5 Å². The minimum atomic E-state index is -0.723. The predicted molar refractivity (Wildman–Crippen MR) is 111 cm³/mol. The summed E-state index contributed by atoms with van der Waals surface area (Å²) in [6.45, 7) is 5.40. The molecular formula is C21H21BrN4O4. The molecule has 1 unspecified atom stereocenters. The van der Waals surface area contributed by atoms with Gasteiger partial charge in [-0.1, -0.05) is 6.07 Å². The van der Waals surface area contributed by atoms with Gasteiger partial charge in [-0.15, -0.1) is 0 Å². The van der Waals surface area contributed by atoms with E-state index in [-0.39, 0.29) is 24.1 Å². The third-order valence-corrected chi connectivity index (χ3v) is 6.87. The van der Waals surface area contributed by atoms with Crippen molar-refractivity contribution in [2.24, 2.45) is 16.1 Å². The Labute approximate surface area is 182 Å². The van der Waals surface area contributed by atoms with Crippen molar-refractivity contribution in [3.8, 4) is 5.75 Å². The maximum atomic E-state index is 12.7. The van der Waals surface area contributed by atoms with E-state index in [4.69, 9.17) is 24.9 Å². The molecule has 1 atom stereocenters. The fraction of sp³-hybridized carbons (Fsp3) is 0.429. The lowest BCUT2D eigenvalue weighted by Gasteiger charge is -2.61. The monoisotopic (exact) mass is 472 g/mol. The van der Waals surface area contributed by atoms with Crippen molar-refractivity contribution < 1.29 is 19.0 Å². The van der Waals surface area contributed by atoms with E-state index in [0.717, 1.165) is 21.3 Å². The molecule has 4 heterocycles. The van der Waals surface area contributed by atoms with Gasteiger partial charge >= 0.3 is 0 Å². The number of rotatable bonds is 3. The minimum absolute atomic E-state index is 0.162. The number of nitrogens with zero attached hydrogens (tertiary/aromatic N) is 3. The van der Waals surface area contributed by atoms with Gasteiger partial charge in [0, 0.05) is 24.4 Å². The molecule has 3 aliphatic heterocycles. The van der Waals surface area contributed by atoms with E-state index in [1.165, 1.54) is 0 Å². The van der Waals surface area contributed by atoms with Crippen LogP contribution in [-0.2, 0) is 21.4 Å². The minimum Gasteiger partial charge on any atom is -0.487 e. The van der Waals surface area contributed by atoms with E-state index in [2.05, 4.69) is 25.9 Å². The summed E-state index contributed by atoms with van der Waals surface area (Å²) in [6, 6.07) is 5.90. The van der Waals surface area contributed by atoms with Crippen LogP contribution in [0.4, 0.5) is 0 Å². The van der Waals surface area contributed by atoms with Gasteiger partial charge < -0.3 is 19.9 Å². The van der Waals surface area contributed by atoms with Crippen LogP contribution in [0.3, 0.4) is 0 Å². The number of nitrogens with two attached hydrogens (primary N) is 1. The molecule has 0 amide bonds. The number of carbonyl (C=O) groups excluding carboxylic acids is 1. The summed E-state index contributed by atoms with van der Waals surface area (Å²) in [6.07, 6.45) is 3.29. The zero-order chi connectivity index (χ0) is 21.1. The van der Waals surface area contributed by atoms with Crippen molar-refractivity contribution in [3.05, 3.63) is 52.0 Å². The Hall–Kier alpha value is -2.52. The number of aromatic nitrogens is 2. The number of hydrogen-bond acceptors (Lipinski definition) is 8. The van der Waals surface area contributed by atoms with E-state index in [1.54, 1.807) is 12.4 Å². The van der Waals surface area contributed by atoms with Gasteiger partial charge in [-0.05, 0) is 47.5 Å². The molecule has 1 aromatic heterocycles. The van der Waals surface area contributed by atoms with Crippen LogP contribution in [0.25, 0.3) is 0 Å². The van der Waals surface area contributed by atoms with Crippen LogP contribution in [0, 0.1) is 5.41 Å². The average Bonchev–Trinajstić information content (AvgIpc) is 3.03. The molecule has 1 saturated heterocycles. The maximum absolute atomic E-state index is 12.7. The number of aliphatic imine (C=N–C) groups is 1. The Balaban J connectivity index is 1.56. The van der Waals surface area contributed by atoms with Crippen LogP contribution in [0.1, 0.15) is 35.6 Å². The smallest absolute Gasteiger partial charge is 0.283 e. The highest BCUT2D eigenvalue weighted by Gasteiger charge is 2.71. The second-order valence-corrected chi connectivity index (χ2v) is 9.36. The van der Waals surface area contributed by atoms with Gasteiger partial charge in [0.15, 0.2) is 5.82 Å². The first-order valence-corrected chi connectivity index (χ1v) is 10.4. The van der Waals surface area contributed by atoms with E-state index in [1.807, 2.05) is 32.0 Å². The quantitative estimate of drug-likeness (QED) is 0.682. The molecule has 0 aliphatic carbocycles. The molecule has 8 nitrogen and oxygen atoms in total. The topological polar surface area (TPSA) is 109 Å². The van der Waals surface area contributed by atoms with Gasteiger partial charge in [0.1, 0.15) is 23.5 Å². The molecule has 2 spiro atoms. The van der Waals surface area contributed by atoms with Crippen LogP contribution in [0.15, 0.2) is 40.1 Å². The number of halogens is 1. The van der Waals surface area contributed by atoms with Crippen molar-refractivity contribution in [2.75, 3.05) is 19.8 Å². The van der Waals surface area contributed by atoms with Crippen molar-refractivity contribution in [1.82, 2.24) is 9.97 Å². The second-order valence-electron chi connectivity index (χ2n) is 8.44. The number of hydrogen-bond donors (Lipinski definition) is 1. The summed E-state index contributed by atoms with van der Waals surface area (Å²) >= 11 is 3.28. The summed E-state index contributed by atoms with van der Waals surface area (Å²) in [5.74, 6) is 0.731. The normalized spacial score (nSPS) is 25.1. The Morgan fingerprint density at radius 3 is 2.53 bits per heavy atom. The average molecular weight is 473 g/mol. The number of ketones is 1. The Morgan fingerprint density at radius 1 is 1.20 bits per heavy atom. The molecular weight excluding hydrogens is 452 g/mol. The summed E-state index contributed by atoms with van der Waals surface area (Å²) in [5, 5.41) is 0. The molecule has 0 bridgehead atoms. The molecule has 9 heteroatoms. The van der Waals surface area contributed by atoms with Gasteiger partial charge in [-0.25, -0.2) is 15.0 Å². The number of fused-ring (bicyclic) bond motifs is 3.